The molecule has 8 heteroatoms. The number of hydrogen-bond donors (Lipinski definition) is 3. The predicted octanol–water partition coefficient (Wildman–Crippen LogP) is 4.80. The standard InChI is InChI=1S/C28H39N3O4S/c1-6-7-16-31(26(33)23(19-36)30-27(34)35-28(3,4)5)24(22-15-11-12-20(2)17-22)25(32)29-18-21-13-9-8-10-14-21/h8-15,17,23-24,36H,6-7,16,18-19H2,1-5H3,(H,29,32)(H,30,34). The molecule has 0 heterocycles. The Hall–Kier alpha value is -3.00. The van der Waals surface area contributed by atoms with Crippen LogP contribution in [0.15, 0.2) is 54.6 Å². The Labute approximate surface area is 220 Å². The number of rotatable bonds is 11. The van der Waals surface area contributed by atoms with E-state index in [0.29, 0.717) is 25.1 Å². The quantitative estimate of drug-likeness (QED) is 0.377. The molecule has 0 aromatic heterocycles. The summed E-state index contributed by atoms with van der Waals surface area (Å²) in [5.74, 6) is -0.609. The molecule has 3 amide bonds. The number of alkyl carbamates (subject to hydrolysis) is 1. The van der Waals surface area contributed by atoms with Gasteiger partial charge in [-0.2, -0.15) is 12.6 Å². The molecule has 7 nitrogen and oxygen atoms in total. The van der Waals surface area contributed by atoms with Gasteiger partial charge in [0.2, 0.25) is 11.8 Å². The number of unbranched alkanes of at least 4 members (excludes halogenated alkanes) is 1. The lowest BCUT2D eigenvalue weighted by Gasteiger charge is -2.34. The Bertz CT molecular complexity index is 1010. The van der Waals surface area contributed by atoms with Crippen molar-refractivity contribution in [2.24, 2.45) is 0 Å². The van der Waals surface area contributed by atoms with Gasteiger partial charge in [-0.25, -0.2) is 4.79 Å². The molecule has 2 N–H and O–H groups in total. The summed E-state index contributed by atoms with van der Waals surface area (Å²) >= 11 is 4.32. The second-order valence-electron chi connectivity index (χ2n) is 9.79. The number of carbonyl (C=O) groups excluding carboxylic acids is 3. The van der Waals surface area contributed by atoms with Crippen molar-refractivity contribution in [3.8, 4) is 0 Å². The number of nitrogens with one attached hydrogen (secondary N) is 2. The van der Waals surface area contributed by atoms with Gasteiger partial charge in [-0.05, 0) is 45.2 Å². The van der Waals surface area contributed by atoms with Gasteiger partial charge in [0.25, 0.3) is 0 Å². The van der Waals surface area contributed by atoms with Crippen LogP contribution in [0.5, 0.6) is 0 Å². The van der Waals surface area contributed by atoms with E-state index in [1.54, 1.807) is 25.7 Å². The van der Waals surface area contributed by atoms with Gasteiger partial charge >= 0.3 is 6.09 Å². The van der Waals surface area contributed by atoms with E-state index in [2.05, 4.69) is 23.3 Å². The number of carbonyl (C=O) groups is 3. The fraction of sp³-hybridized carbons (Fsp3) is 0.464. The first-order chi connectivity index (χ1) is 17.1. The van der Waals surface area contributed by atoms with Gasteiger partial charge in [-0.1, -0.05) is 73.5 Å². The van der Waals surface area contributed by atoms with Crippen LogP contribution in [-0.4, -0.2) is 46.7 Å². The van der Waals surface area contributed by atoms with Crippen molar-refractivity contribution in [1.82, 2.24) is 15.5 Å². The summed E-state index contributed by atoms with van der Waals surface area (Å²) in [5, 5.41) is 5.63. The molecule has 2 aromatic rings. The smallest absolute Gasteiger partial charge is 0.408 e. The van der Waals surface area contributed by atoms with E-state index >= 15 is 0 Å². The molecule has 2 rings (SSSR count). The van der Waals surface area contributed by atoms with Crippen LogP contribution in [-0.2, 0) is 20.9 Å². The Morgan fingerprint density at radius 1 is 1.06 bits per heavy atom. The summed E-state index contributed by atoms with van der Waals surface area (Å²) in [5.41, 5.74) is 1.94. The fourth-order valence-corrected chi connectivity index (χ4v) is 3.97. The third-order valence-electron chi connectivity index (χ3n) is 5.43. The number of ether oxygens (including phenoxy) is 1. The number of benzene rings is 2. The van der Waals surface area contributed by atoms with Crippen molar-refractivity contribution >= 4 is 30.5 Å². The summed E-state index contributed by atoms with van der Waals surface area (Å²) in [6, 6.07) is 15.4. The fourth-order valence-electron chi connectivity index (χ4n) is 3.73. The molecule has 36 heavy (non-hydrogen) atoms. The highest BCUT2D eigenvalue weighted by Gasteiger charge is 2.35. The van der Waals surface area contributed by atoms with Crippen LogP contribution >= 0.6 is 12.6 Å². The molecule has 196 valence electrons. The molecule has 0 saturated heterocycles. The van der Waals surface area contributed by atoms with E-state index in [9.17, 15) is 14.4 Å². The Balaban J connectivity index is 2.38. The number of nitrogens with zero attached hydrogens (tertiary/aromatic N) is 1. The molecular weight excluding hydrogens is 474 g/mol. The van der Waals surface area contributed by atoms with Crippen LogP contribution in [0.2, 0.25) is 0 Å². The zero-order chi connectivity index (χ0) is 26.7. The third-order valence-corrected chi connectivity index (χ3v) is 5.80. The molecule has 0 aliphatic carbocycles. The van der Waals surface area contributed by atoms with Crippen LogP contribution < -0.4 is 10.6 Å². The average Bonchev–Trinajstić information content (AvgIpc) is 2.82. The average molecular weight is 514 g/mol. The zero-order valence-electron chi connectivity index (χ0n) is 21.9. The maximum Gasteiger partial charge on any atom is 0.408 e. The van der Waals surface area contributed by atoms with Gasteiger partial charge in [-0.3, -0.25) is 9.59 Å². The van der Waals surface area contributed by atoms with Crippen LogP contribution in [0, 0.1) is 6.92 Å². The molecule has 0 saturated carbocycles. The molecule has 0 spiro atoms. The molecule has 0 fully saturated rings. The maximum atomic E-state index is 13.8. The maximum absolute atomic E-state index is 13.8. The van der Waals surface area contributed by atoms with Crippen molar-refractivity contribution in [3.05, 3.63) is 71.3 Å². The lowest BCUT2D eigenvalue weighted by Crippen LogP contribution is -2.54. The van der Waals surface area contributed by atoms with E-state index in [-0.39, 0.29) is 17.6 Å². The highest BCUT2D eigenvalue weighted by molar-refractivity contribution is 7.80. The molecule has 0 bridgehead atoms. The van der Waals surface area contributed by atoms with Gasteiger partial charge < -0.3 is 20.3 Å². The first-order valence-corrected chi connectivity index (χ1v) is 13.0. The summed E-state index contributed by atoms with van der Waals surface area (Å²) < 4.78 is 5.34. The van der Waals surface area contributed by atoms with Gasteiger partial charge in [-0.15, -0.1) is 0 Å². The molecule has 0 radical (unpaired) electrons. The monoisotopic (exact) mass is 513 g/mol. The van der Waals surface area contributed by atoms with Gasteiger partial charge in [0.15, 0.2) is 0 Å². The molecule has 2 unspecified atom stereocenters. The van der Waals surface area contributed by atoms with Crippen LogP contribution in [0.4, 0.5) is 4.79 Å². The molecular formula is C28H39N3O4S. The second-order valence-corrected chi connectivity index (χ2v) is 10.2. The Morgan fingerprint density at radius 3 is 2.33 bits per heavy atom. The van der Waals surface area contributed by atoms with E-state index in [0.717, 1.165) is 17.5 Å². The highest BCUT2D eigenvalue weighted by atomic mass is 32.1. The molecule has 2 aromatic carbocycles. The topological polar surface area (TPSA) is 87.7 Å². The van der Waals surface area contributed by atoms with Crippen molar-refractivity contribution < 1.29 is 19.1 Å². The minimum atomic E-state index is -0.950. The SMILES string of the molecule is CCCCN(C(=O)C(CS)NC(=O)OC(C)(C)C)C(C(=O)NCc1ccccc1)c1cccc(C)c1. The van der Waals surface area contributed by atoms with Crippen molar-refractivity contribution in [2.45, 2.75) is 71.7 Å². The number of hydrogen-bond acceptors (Lipinski definition) is 5. The largest absolute Gasteiger partial charge is 0.444 e. The van der Waals surface area contributed by atoms with Crippen molar-refractivity contribution in [3.63, 3.8) is 0 Å². The molecule has 2 atom stereocenters. The second kappa shape index (κ2) is 13.9. The summed E-state index contributed by atoms with van der Waals surface area (Å²) in [7, 11) is 0. The minimum absolute atomic E-state index is 0.0624. The first-order valence-electron chi connectivity index (χ1n) is 12.3. The molecule has 0 aliphatic heterocycles. The summed E-state index contributed by atoms with van der Waals surface area (Å²) in [6.45, 7) is 9.92. The summed E-state index contributed by atoms with van der Waals surface area (Å²) in [6.07, 6.45) is 0.832. The number of amides is 3. The van der Waals surface area contributed by atoms with Crippen LogP contribution in [0.1, 0.15) is 63.3 Å². The normalized spacial score (nSPS) is 12.8. The number of aryl methyl sites for hydroxylation is 1. The molecule has 0 aliphatic rings. The van der Waals surface area contributed by atoms with Crippen molar-refractivity contribution in [2.75, 3.05) is 12.3 Å². The zero-order valence-corrected chi connectivity index (χ0v) is 22.8. The van der Waals surface area contributed by atoms with E-state index in [1.807, 2.05) is 68.4 Å². The van der Waals surface area contributed by atoms with Crippen LogP contribution in [0.3, 0.4) is 0 Å². The first kappa shape index (κ1) is 29.2. The predicted molar refractivity (Wildman–Crippen MR) is 146 cm³/mol. The van der Waals surface area contributed by atoms with E-state index < -0.39 is 23.8 Å². The van der Waals surface area contributed by atoms with E-state index in [4.69, 9.17) is 4.74 Å². The van der Waals surface area contributed by atoms with Gasteiger partial charge in [0.1, 0.15) is 17.7 Å². The third kappa shape index (κ3) is 9.22. The lowest BCUT2D eigenvalue weighted by atomic mass is 10.0. The summed E-state index contributed by atoms with van der Waals surface area (Å²) in [4.78, 5) is 41.4. The van der Waals surface area contributed by atoms with Crippen LogP contribution in [0.25, 0.3) is 0 Å². The minimum Gasteiger partial charge on any atom is -0.444 e. The lowest BCUT2D eigenvalue weighted by molar-refractivity contribution is -0.142. The van der Waals surface area contributed by atoms with E-state index in [1.165, 1.54) is 0 Å². The highest BCUT2D eigenvalue weighted by Crippen LogP contribution is 2.24. The Morgan fingerprint density at radius 2 is 1.75 bits per heavy atom. The van der Waals surface area contributed by atoms with Gasteiger partial charge in [0, 0.05) is 18.8 Å². The van der Waals surface area contributed by atoms with Gasteiger partial charge in [0.05, 0.1) is 0 Å². The number of thiol groups is 1. The van der Waals surface area contributed by atoms with Crippen molar-refractivity contribution in [1.29, 1.82) is 0 Å². The Kier molecular flexibility index (Phi) is 11.3.